The molecule has 11 nitrogen and oxygen atoms in total. The third-order valence-electron chi connectivity index (χ3n) is 17.4. The van der Waals surface area contributed by atoms with Crippen LogP contribution in [-0.4, -0.2) is 67.6 Å². The molecule has 20 unspecified atom stereocenters. The van der Waals surface area contributed by atoms with Gasteiger partial charge in [-0.3, -0.25) is 42.5 Å². The highest BCUT2D eigenvalue weighted by atomic mass is 16.5. The first kappa shape index (κ1) is 40.3. The monoisotopic (exact) mass is 843 g/mol. The Bertz CT molecular complexity index is 1910. The summed E-state index contributed by atoms with van der Waals surface area (Å²) in [5.74, 6) is 7.77. The van der Waals surface area contributed by atoms with Crippen LogP contribution < -0.4 is 56.7 Å². The second-order valence-electron chi connectivity index (χ2n) is 21.0. The lowest BCUT2D eigenvalue weighted by molar-refractivity contribution is 0.0661. The maximum Gasteiger partial charge on any atom is 0.119 e. The van der Waals surface area contributed by atoms with Gasteiger partial charge in [0.25, 0.3) is 0 Å². The topological polar surface area (TPSA) is 124 Å². The van der Waals surface area contributed by atoms with Gasteiger partial charge in [0.05, 0.1) is 67.6 Å². The zero-order valence-corrected chi connectivity index (χ0v) is 36.4. The molecule has 3 aromatic rings. The highest BCUT2D eigenvalue weighted by molar-refractivity contribution is 5.24. The zero-order chi connectivity index (χ0) is 41.1. The molecule has 8 bridgehead atoms. The van der Waals surface area contributed by atoms with Gasteiger partial charge in [0.2, 0.25) is 0 Å². The van der Waals surface area contributed by atoms with Crippen molar-refractivity contribution in [2.24, 2.45) is 53.3 Å². The largest absolute Gasteiger partial charge is 0.490 e. The van der Waals surface area contributed by atoms with Crippen molar-refractivity contribution >= 4 is 0 Å². The number of para-hydroxylation sites is 3. The first-order valence-electron chi connectivity index (χ1n) is 24.8. The second-order valence-corrected chi connectivity index (χ2v) is 21.0. The van der Waals surface area contributed by atoms with Crippen molar-refractivity contribution in [1.29, 1.82) is 0 Å². The molecule has 0 amide bonds. The van der Waals surface area contributed by atoms with Crippen LogP contribution in [0.2, 0.25) is 0 Å². The lowest BCUT2D eigenvalue weighted by Crippen LogP contribution is -2.61. The van der Waals surface area contributed by atoms with E-state index in [0.29, 0.717) is 47.3 Å². The van der Waals surface area contributed by atoms with E-state index in [2.05, 4.69) is 140 Å². The van der Waals surface area contributed by atoms with Crippen LogP contribution in [-0.2, 0) is 0 Å². The Morgan fingerprint density at radius 3 is 0.871 bits per heavy atom. The third kappa shape index (κ3) is 7.97. The Labute approximate surface area is 368 Å². The van der Waals surface area contributed by atoms with Gasteiger partial charge in [-0.1, -0.05) is 67.9 Å². The zero-order valence-electron chi connectivity index (χ0n) is 36.4. The van der Waals surface area contributed by atoms with Gasteiger partial charge in [-0.15, -0.1) is 0 Å². The molecule has 20 atom stereocenters. The Balaban J connectivity index is 0.858. The summed E-state index contributed by atoms with van der Waals surface area (Å²) in [6, 6.07) is 31.5. The van der Waals surface area contributed by atoms with Crippen LogP contribution in [0.5, 0.6) is 17.2 Å². The highest BCUT2D eigenvalue weighted by Gasteiger charge is 2.56. The Morgan fingerprint density at radius 1 is 0.306 bits per heavy atom. The molecule has 11 heteroatoms. The first-order chi connectivity index (χ1) is 30.5. The molecule has 0 radical (unpaired) electrons. The quantitative estimate of drug-likeness (QED) is 0.149. The molecular weight excluding hydrogens is 773 g/mol. The van der Waals surface area contributed by atoms with Crippen LogP contribution in [0.1, 0.15) is 84.0 Å². The van der Waals surface area contributed by atoms with Gasteiger partial charge in [-0.25, -0.2) is 0 Å². The van der Waals surface area contributed by atoms with E-state index in [0.717, 1.165) is 81.0 Å². The van der Waals surface area contributed by atoms with E-state index in [9.17, 15) is 0 Å². The summed E-state index contributed by atoms with van der Waals surface area (Å²) in [5.41, 5.74) is 0. The van der Waals surface area contributed by atoms with Crippen molar-refractivity contribution in [3.8, 4) is 17.2 Å². The summed E-state index contributed by atoms with van der Waals surface area (Å²) < 4.78 is 20.2. The average molecular weight is 843 g/mol. The minimum atomic E-state index is 0.160. The van der Waals surface area contributed by atoms with E-state index < -0.39 is 0 Å². The number of rotatable bonds is 6. The van der Waals surface area contributed by atoms with Gasteiger partial charge in [0.15, 0.2) is 0 Å². The van der Waals surface area contributed by atoms with E-state index >= 15 is 0 Å². The fourth-order valence-corrected chi connectivity index (χ4v) is 14.5. The number of fused-ring (bicyclic) bond motifs is 20. The van der Waals surface area contributed by atoms with Gasteiger partial charge in [-0.2, -0.15) is 0 Å². The second kappa shape index (κ2) is 17.3. The van der Waals surface area contributed by atoms with E-state index in [1.165, 1.54) is 19.3 Å². The average Bonchev–Trinajstić information content (AvgIpc) is 4.02. The number of ether oxygens (including phenoxy) is 3. The molecule has 4 aliphatic carbocycles. The van der Waals surface area contributed by atoms with Gasteiger partial charge in [0, 0.05) is 0 Å². The Morgan fingerprint density at radius 2 is 0.565 bits per heavy atom. The van der Waals surface area contributed by atoms with E-state index in [4.69, 9.17) is 14.2 Å². The predicted molar refractivity (Wildman–Crippen MR) is 240 cm³/mol. The Kier molecular flexibility index (Phi) is 11.2. The normalized spacial score (nSPS) is 45.8. The van der Waals surface area contributed by atoms with Crippen molar-refractivity contribution in [2.75, 3.05) is 0 Å². The fourth-order valence-electron chi connectivity index (χ4n) is 14.5. The maximum atomic E-state index is 6.73. The molecule has 62 heavy (non-hydrogen) atoms. The number of hydrogen-bond donors (Lipinski definition) is 8. The number of nitrogens with one attached hydrogen (secondary N) is 8. The summed E-state index contributed by atoms with van der Waals surface area (Å²) in [6.45, 7) is 2.48. The maximum absolute atomic E-state index is 6.73. The van der Waals surface area contributed by atoms with Crippen molar-refractivity contribution in [3.63, 3.8) is 0 Å². The first-order valence-corrected chi connectivity index (χ1v) is 24.8. The van der Waals surface area contributed by atoms with Gasteiger partial charge in [0.1, 0.15) is 17.2 Å². The van der Waals surface area contributed by atoms with Crippen LogP contribution in [0.25, 0.3) is 0 Å². The van der Waals surface area contributed by atoms with Crippen LogP contribution in [0.4, 0.5) is 0 Å². The Hall–Kier alpha value is -3.26. The molecule has 9 fully saturated rings. The van der Waals surface area contributed by atoms with E-state index in [1.807, 2.05) is 0 Å². The molecule has 5 saturated heterocycles. The summed E-state index contributed by atoms with van der Waals surface area (Å²) in [6.07, 6.45) is 15.9. The summed E-state index contributed by atoms with van der Waals surface area (Å²) >= 11 is 0. The number of hydrogen-bond acceptors (Lipinski definition) is 11. The van der Waals surface area contributed by atoms with Gasteiger partial charge < -0.3 is 14.2 Å². The molecule has 12 rings (SSSR count). The van der Waals surface area contributed by atoms with Crippen LogP contribution in [0.15, 0.2) is 91.0 Å². The van der Waals surface area contributed by atoms with Crippen LogP contribution in [0.3, 0.4) is 0 Å². The van der Waals surface area contributed by atoms with Crippen molar-refractivity contribution in [3.05, 3.63) is 91.0 Å². The van der Waals surface area contributed by atoms with Crippen molar-refractivity contribution in [2.45, 2.75) is 152 Å². The predicted octanol–water partition coefficient (Wildman–Crippen LogP) is 6.02. The lowest BCUT2D eigenvalue weighted by atomic mass is 9.73. The van der Waals surface area contributed by atoms with E-state index in [1.54, 1.807) is 0 Å². The molecule has 9 aliphatic rings. The van der Waals surface area contributed by atoms with Crippen molar-refractivity contribution < 1.29 is 14.2 Å². The smallest absolute Gasteiger partial charge is 0.119 e. The van der Waals surface area contributed by atoms with E-state index in [-0.39, 0.29) is 67.6 Å². The van der Waals surface area contributed by atoms with Crippen LogP contribution in [0, 0.1) is 53.3 Å². The molecule has 0 spiro atoms. The molecule has 4 saturated carbocycles. The third-order valence-corrected chi connectivity index (χ3v) is 17.4. The minimum Gasteiger partial charge on any atom is -0.490 e. The molecular formula is C51H70N8O3. The summed E-state index contributed by atoms with van der Waals surface area (Å²) in [5, 5.41) is 34.4. The minimum absolute atomic E-state index is 0.160. The molecule has 5 aliphatic heterocycles. The molecule has 3 aromatic carbocycles. The standard InChI is InChI=1S/C51H70N8O3/c1-29-17-21-36-40(25-29)48-52-44(36)54-49-42-27-34(61-31-13-7-3-8-14-31)19-23-38(42)46(56-49)58-51-43-28-35(62-32-15-9-4-10-16-32)20-24-39(43)47(59-51)57-50-41-26-33(60-30-11-5-2-6-12-30)18-22-37(41)45(53-48)55-50/h2-16,29,33-59H,17-28H2,1H3. The summed E-state index contributed by atoms with van der Waals surface area (Å²) in [7, 11) is 0. The highest BCUT2D eigenvalue weighted by Crippen LogP contribution is 2.47. The molecule has 8 N–H and O–H groups in total. The number of benzene rings is 3. The lowest BCUT2D eigenvalue weighted by Gasteiger charge is -2.39. The fraction of sp³-hybridized carbons (Fsp3) is 0.647. The van der Waals surface area contributed by atoms with Crippen molar-refractivity contribution in [1.82, 2.24) is 42.5 Å². The molecule has 0 aromatic heterocycles. The molecule has 5 heterocycles. The summed E-state index contributed by atoms with van der Waals surface area (Å²) in [4.78, 5) is 0. The molecule has 332 valence electrons. The van der Waals surface area contributed by atoms with Crippen LogP contribution >= 0.6 is 0 Å². The van der Waals surface area contributed by atoms with Gasteiger partial charge >= 0.3 is 0 Å². The van der Waals surface area contributed by atoms with Gasteiger partial charge in [-0.05, 0) is 160 Å². The SMILES string of the molecule is CC1CCC2C3NC(NC4NC(NC5NC(NC6NC(N3)C3CC(Oc7ccccc7)CCC63)C3CC(Oc6ccccc6)CCC53)C3CC(Oc5ccccc5)CCC43)C2C1.